The van der Waals surface area contributed by atoms with Gasteiger partial charge in [0.1, 0.15) is 0 Å². The van der Waals surface area contributed by atoms with Crippen LogP contribution in [-0.2, 0) is 0 Å². The van der Waals surface area contributed by atoms with Gasteiger partial charge in [-0.05, 0) is 24.3 Å². The number of hydrogen-bond acceptors (Lipinski definition) is 0. The van der Waals surface area contributed by atoms with Crippen molar-refractivity contribution in [2.75, 3.05) is 0 Å². The molecule has 0 bridgehead atoms. The Balaban J connectivity index is 1.48. The monoisotopic (exact) mass is 302 g/mol. The van der Waals surface area contributed by atoms with Crippen LogP contribution in [0.2, 0.25) is 6.04 Å². The van der Waals surface area contributed by atoms with E-state index in [9.17, 15) is 0 Å². The molecule has 0 saturated heterocycles. The van der Waals surface area contributed by atoms with Gasteiger partial charge in [-0.3, -0.25) is 0 Å². The van der Waals surface area contributed by atoms with Crippen molar-refractivity contribution in [3.63, 3.8) is 0 Å². The third-order valence-corrected chi connectivity index (χ3v) is 7.03. The van der Waals surface area contributed by atoms with Crippen molar-refractivity contribution in [3.05, 3.63) is 29.8 Å². The standard InChI is InChI=1S/C20H34Si/c1-2-3-4-5-6-7-8-9-17-21-20-15-13-19(14-16-20)18-11-10-12-18/h13-16,18H,2-12,17,21H2,1H3. The van der Waals surface area contributed by atoms with Crippen LogP contribution in [0.4, 0.5) is 0 Å². The van der Waals surface area contributed by atoms with Gasteiger partial charge in [-0.1, -0.05) is 100 Å². The number of hydrogen-bond donors (Lipinski definition) is 0. The van der Waals surface area contributed by atoms with E-state index in [2.05, 4.69) is 31.2 Å². The Labute approximate surface area is 134 Å². The molecule has 0 amide bonds. The smallest absolute Gasteiger partial charge is 0.0547 e. The first-order valence-electron chi connectivity index (χ1n) is 9.49. The predicted octanol–water partition coefficient (Wildman–Crippen LogP) is 5.31. The van der Waals surface area contributed by atoms with Crippen LogP contribution in [-0.4, -0.2) is 9.52 Å². The molecule has 2 rings (SSSR count). The number of rotatable bonds is 11. The summed E-state index contributed by atoms with van der Waals surface area (Å²) in [5, 5.41) is 1.68. The highest BCUT2D eigenvalue weighted by molar-refractivity contribution is 6.53. The van der Waals surface area contributed by atoms with Gasteiger partial charge in [0.2, 0.25) is 0 Å². The van der Waals surface area contributed by atoms with Gasteiger partial charge in [0.15, 0.2) is 0 Å². The molecule has 1 fully saturated rings. The number of unbranched alkanes of at least 4 members (excludes halogenated alkanes) is 7. The van der Waals surface area contributed by atoms with Crippen LogP contribution in [0.1, 0.15) is 89.0 Å². The average molecular weight is 303 g/mol. The Kier molecular flexibility index (Phi) is 8.17. The van der Waals surface area contributed by atoms with Crippen molar-refractivity contribution < 1.29 is 0 Å². The second-order valence-corrected chi connectivity index (χ2v) is 8.97. The molecule has 1 aromatic rings. The summed E-state index contributed by atoms with van der Waals surface area (Å²) >= 11 is 0. The van der Waals surface area contributed by atoms with Crippen LogP contribution >= 0.6 is 0 Å². The van der Waals surface area contributed by atoms with E-state index in [1.165, 1.54) is 76.7 Å². The van der Waals surface area contributed by atoms with Gasteiger partial charge in [0.25, 0.3) is 0 Å². The predicted molar refractivity (Wildman–Crippen MR) is 98.6 cm³/mol. The lowest BCUT2D eigenvalue weighted by Gasteiger charge is -2.25. The van der Waals surface area contributed by atoms with E-state index in [4.69, 9.17) is 0 Å². The molecule has 1 aromatic carbocycles. The van der Waals surface area contributed by atoms with Crippen LogP contribution in [0.5, 0.6) is 0 Å². The highest BCUT2D eigenvalue weighted by Crippen LogP contribution is 2.35. The van der Waals surface area contributed by atoms with Crippen LogP contribution in [0.25, 0.3) is 0 Å². The van der Waals surface area contributed by atoms with E-state index in [-0.39, 0.29) is 9.52 Å². The van der Waals surface area contributed by atoms with E-state index in [0.717, 1.165) is 5.92 Å². The van der Waals surface area contributed by atoms with E-state index in [1.807, 2.05) is 0 Å². The lowest BCUT2D eigenvalue weighted by Crippen LogP contribution is -2.15. The first-order valence-corrected chi connectivity index (χ1v) is 11.2. The minimum absolute atomic E-state index is 0.0122. The molecule has 0 aromatic heterocycles. The molecule has 0 unspecified atom stereocenters. The Morgan fingerprint density at radius 3 is 2.05 bits per heavy atom. The maximum absolute atomic E-state index is 2.44. The molecule has 1 saturated carbocycles. The van der Waals surface area contributed by atoms with Gasteiger partial charge < -0.3 is 0 Å². The molecule has 0 N–H and O–H groups in total. The van der Waals surface area contributed by atoms with Gasteiger partial charge in [-0.15, -0.1) is 0 Å². The van der Waals surface area contributed by atoms with Crippen molar-refractivity contribution in [1.29, 1.82) is 0 Å². The van der Waals surface area contributed by atoms with Crippen molar-refractivity contribution >= 4 is 14.7 Å². The van der Waals surface area contributed by atoms with Gasteiger partial charge in [0.05, 0.1) is 9.52 Å². The fraction of sp³-hybridized carbons (Fsp3) is 0.700. The topological polar surface area (TPSA) is 0 Å². The van der Waals surface area contributed by atoms with Crippen molar-refractivity contribution in [2.24, 2.45) is 0 Å². The maximum atomic E-state index is 2.44. The Bertz CT molecular complexity index is 364. The van der Waals surface area contributed by atoms with Crippen LogP contribution in [0.3, 0.4) is 0 Å². The van der Waals surface area contributed by atoms with Crippen molar-refractivity contribution in [3.8, 4) is 0 Å². The molecule has 0 atom stereocenters. The van der Waals surface area contributed by atoms with Gasteiger partial charge >= 0.3 is 0 Å². The second-order valence-electron chi connectivity index (χ2n) is 6.95. The average Bonchev–Trinajstić information content (AvgIpc) is 2.45. The zero-order valence-electron chi connectivity index (χ0n) is 14.1. The summed E-state index contributed by atoms with van der Waals surface area (Å²) in [6.07, 6.45) is 15.9. The summed E-state index contributed by atoms with van der Waals surface area (Å²) in [6.45, 7) is 2.30. The normalized spacial score (nSPS) is 15.7. The Hall–Kier alpha value is -0.563. The largest absolute Gasteiger partial charge is 0.0669 e. The SMILES string of the molecule is CCCCCCCCCC[SiH2]c1ccc(C2CCC2)cc1. The summed E-state index contributed by atoms with van der Waals surface area (Å²) in [7, 11) is 0.0122. The molecule has 1 aliphatic carbocycles. The molecule has 1 heteroatoms. The summed E-state index contributed by atoms with van der Waals surface area (Å²) in [4.78, 5) is 0. The lowest BCUT2D eigenvalue weighted by atomic mass is 9.80. The zero-order valence-corrected chi connectivity index (χ0v) is 15.5. The summed E-state index contributed by atoms with van der Waals surface area (Å²) in [5.74, 6) is 0.897. The van der Waals surface area contributed by atoms with Crippen molar-refractivity contribution in [2.45, 2.75) is 89.5 Å². The maximum Gasteiger partial charge on any atom is 0.0547 e. The Morgan fingerprint density at radius 2 is 1.48 bits per heavy atom. The fourth-order valence-electron chi connectivity index (χ4n) is 3.34. The highest BCUT2D eigenvalue weighted by Gasteiger charge is 2.18. The van der Waals surface area contributed by atoms with Gasteiger partial charge in [0, 0.05) is 0 Å². The van der Waals surface area contributed by atoms with Crippen LogP contribution in [0, 0.1) is 0 Å². The molecular weight excluding hydrogens is 268 g/mol. The van der Waals surface area contributed by atoms with E-state index in [1.54, 1.807) is 10.8 Å². The molecular formula is C20H34Si. The minimum atomic E-state index is 0.0122. The first-order chi connectivity index (χ1) is 10.4. The molecule has 21 heavy (non-hydrogen) atoms. The molecule has 0 radical (unpaired) electrons. The molecule has 0 aliphatic heterocycles. The fourth-order valence-corrected chi connectivity index (χ4v) is 4.92. The summed E-state index contributed by atoms with van der Waals surface area (Å²) in [5.41, 5.74) is 1.60. The third kappa shape index (κ3) is 6.38. The minimum Gasteiger partial charge on any atom is -0.0669 e. The van der Waals surface area contributed by atoms with E-state index in [0.29, 0.717) is 0 Å². The molecule has 0 spiro atoms. The molecule has 1 aliphatic rings. The molecule has 118 valence electrons. The molecule has 0 heterocycles. The van der Waals surface area contributed by atoms with E-state index < -0.39 is 0 Å². The first kappa shape index (κ1) is 16.8. The van der Waals surface area contributed by atoms with Gasteiger partial charge in [-0.2, -0.15) is 0 Å². The van der Waals surface area contributed by atoms with Crippen LogP contribution in [0.15, 0.2) is 24.3 Å². The number of benzene rings is 1. The summed E-state index contributed by atoms with van der Waals surface area (Å²) in [6, 6.07) is 11.2. The molecule has 0 nitrogen and oxygen atoms in total. The van der Waals surface area contributed by atoms with Crippen LogP contribution < -0.4 is 5.19 Å². The second kappa shape index (κ2) is 10.2. The quantitative estimate of drug-likeness (QED) is 0.384. The highest BCUT2D eigenvalue weighted by atomic mass is 28.2. The Morgan fingerprint density at radius 1 is 0.857 bits per heavy atom. The third-order valence-electron chi connectivity index (χ3n) is 5.13. The summed E-state index contributed by atoms with van der Waals surface area (Å²) < 4.78 is 0. The van der Waals surface area contributed by atoms with Gasteiger partial charge in [-0.25, -0.2) is 0 Å². The lowest BCUT2D eigenvalue weighted by molar-refractivity contribution is 0.420. The van der Waals surface area contributed by atoms with Crippen molar-refractivity contribution in [1.82, 2.24) is 0 Å². The van der Waals surface area contributed by atoms with E-state index >= 15 is 0 Å². The zero-order chi connectivity index (χ0) is 14.8.